The summed E-state index contributed by atoms with van der Waals surface area (Å²) in [6, 6.07) is 9.47. The van der Waals surface area contributed by atoms with Crippen LogP contribution in [0.2, 0.25) is 0 Å². The maximum absolute atomic E-state index is 12.8. The number of carbonyl (C=O) groups excluding carboxylic acids is 1. The van der Waals surface area contributed by atoms with Crippen LogP contribution in [0.4, 0.5) is 0 Å². The van der Waals surface area contributed by atoms with E-state index in [2.05, 4.69) is 20.6 Å². The number of fused-ring (bicyclic) bond motifs is 1. The largest absolute Gasteiger partial charge is 0.487 e. The van der Waals surface area contributed by atoms with Crippen molar-refractivity contribution in [3.8, 4) is 17.0 Å². The van der Waals surface area contributed by atoms with Crippen molar-refractivity contribution < 1.29 is 9.53 Å². The fourth-order valence-corrected chi connectivity index (χ4v) is 3.59. The number of H-pyrrole nitrogens is 1. The maximum Gasteiger partial charge on any atom is 0.269 e. The van der Waals surface area contributed by atoms with Crippen LogP contribution < -0.4 is 10.1 Å². The van der Waals surface area contributed by atoms with Crippen molar-refractivity contribution in [2.75, 3.05) is 0 Å². The molecular formula is C20H23N5O2. The lowest BCUT2D eigenvalue weighted by Crippen LogP contribution is -2.41. The molecule has 7 nitrogen and oxygen atoms in total. The lowest BCUT2D eigenvalue weighted by molar-refractivity contribution is 0.0618. The standard InChI is InChI=1S/C20H23N5O2/c1-12-14(11-25(4)24-12)15-9-16(23-22-15)19(26)21-17-10-20(2,3)27-18-8-6-5-7-13(17)18/h5-9,11,17H,10H2,1-4H3,(H,21,26)(H,22,23)/t17-/m1/s1. The SMILES string of the molecule is Cc1nn(C)cc1-c1cc(C(=O)N[C@@H]2CC(C)(C)Oc3ccccc32)[nH]n1. The van der Waals surface area contributed by atoms with Crippen molar-refractivity contribution in [2.45, 2.75) is 38.8 Å². The second-order valence-corrected chi connectivity index (χ2v) is 7.60. The van der Waals surface area contributed by atoms with Gasteiger partial charge in [-0.2, -0.15) is 10.2 Å². The van der Waals surface area contributed by atoms with E-state index in [1.807, 2.05) is 58.3 Å². The number of ether oxygens (including phenoxy) is 1. The molecule has 1 aliphatic rings. The average Bonchev–Trinajstić information content (AvgIpc) is 3.20. The first-order chi connectivity index (χ1) is 12.8. The number of carbonyl (C=O) groups is 1. The van der Waals surface area contributed by atoms with Crippen LogP contribution in [0.1, 0.15) is 48.1 Å². The number of aryl methyl sites for hydroxylation is 2. The van der Waals surface area contributed by atoms with Crippen molar-refractivity contribution in [1.82, 2.24) is 25.3 Å². The second-order valence-electron chi connectivity index (χ2n) is 7.60. The van der Waals surface area contributed by atoms with Crippen LogP contribution in [-0.4, -0.2) is 31.5 Å². The van der Waals surface area contributed by atoms with Gasteiger partial charge in [-0.3, -0.25) is 14.6 Å². The molecule has 3 heterocycles. The van der Waals surface area contributed by atoms with Gasteiger partial charge in [0, 0.05) is 30.8 Å². The highest BCUT2D eigenvalue weighted by Gasteiger charge is 2.34. The number of aromatic nitrogens is 4. The molecule has 0 bridgehead atoms. The first-order valence-electron chi connectivity index (χ1n) is 8.97. The smallest absolute Gasteiger partial charge is 0.269 e. The van der Waals surface area contributed by atoms with Crippen LogP contribution in [0.15, 0.2) is 36.5 Å². The van der Waals surface area contributed by atoms with Gasteiger partial charge < -0.3 is 10.1 Å². The molecule has 0 radical (unpaired) electrons. The molecule has 0 saturated heterocycles. The van der Waals surface area contributed by atoms with Crippen LogP contribution >= 0.6 is 0 Å². The van der Waals surface area contributed by atoms with E-state index in [0.717, 1.165) is 22.6 Å². The first-order valence-corrected chi connectivity index (χ1v) is 8.97. The summed E-state index contributed by atoms with van der Waals surface area (Å²) >= 11 is 0. The summed E-state index contributed by atoms with van der Waals surface area (Å²) < 4.78 is 7.77. The molecule has 7 heteroatoms. The molecule has 0 unspecified atom stereocenters. The van der Waals surface area contributed by atoms with Gasteiger partial charge in [0.2, 0.25) is 0 Å². The van der Waals surface area contributed by atoms with Crippen molar-refractivity contribution in [2.24, 2.45) is 7.05 Å². The van der Waals surface area contributed by atoms with E-state index >= 15 is 0 Å². The number of rotatable bonds is 3. The summed E-state index contributed by atoms with van der Waals surface area (Å²) in [7, 11) is 1.86. The fourth-order valence-electron chi connectivity index (χ4n) is 3.59. The van der Waals surface area contributed by atoms with Crippen LogP contribution in [0.3, 0.4) is 0 Å². The van der Waals surface area contributed by atoms with Crippen molar-refractivity contribution in [3.05, 3.63) is 53.5 Å². The number of hydrogen-bond donors (Lipinski definition) is 2. The Hall–Kier alpha value is -3.09. The van der Waals surface area contributed by atoms with Gasteiger partial charge in [-0.15, -0.1) is 0 Å². The van der Waals surface area contributed by atoms with E-state index in [9.17, 15) is 4.79 Å². The van der Waals surface area contributed by atoms with Gasteiger partial charge in [-0.25, -0.2) is 0 Å². The molecule has 1 atom stereocenters. The highest BCUT2D eigenvalue weighted by atomic mass is 16.5. The number of nitrogens with zero attached hydrogens (tertiary/aromatic N) is 3. The zero-order valence-electron chi connectivity index (χ0n) is 15.9. The van der Waals surface area contributed by atoms with Crippen molar-refractivity contribution in [3.63, 3.8) is 0 Å². The Balaban J connectivity index is 1.57. The van der Waals surface area contributed by atoms with Gasteiger partial charge in [0.1, 0.15) is 17.0 Å². The van der Waals surface area contributed by atoms with Gasteiger partial charge in [0.15, 0.2) is 0 Å². The van der Waals surface area contributed by atoms with Crippen molar-refractivity contribution in [1.29, 1.82) is 0 Å². The molecule has 3 aromatic rings. The van der Waals surface area contributed by atoms with E-state index < -0.39 is 0 Å². The first kappa shape index (κ1) is 17.3. The molecule has 140 valence electrons. The summed E-state index contributed by atoms with van der Waals surface area (Å²) in [5, 5.41) is 14.6. The second kappa shape index (κ2) is 6.26. The van der Waals surface area contributed by atoms with Gasteiger partial charge in [-0.05, 0) is 32.9 Å². The minimum Gasteiger partial charge on any atom is -0.487 e. The van der Waals surface area contributed by atoms with Gasteiger partial charge in [-0.1, -0.05) is 18.2 Å². The minimum absolute atomic E-state index is 0.121. The molecule has 1 amide bonds. The summed E-state index contributed by atoms with van der Waals surface area (Å²) in [6.07, 6.45) is 2.59. The molecule has 2 N–H and O–H groups in total. The number of amides is 1. The highest BCUT2D eigenvalue weighted by Crippen LogP contribution is 2.39. The maximum atomic E-state index is 12.8. The Morgan fingerprint density at radius 1 is 1.37 bits per heavy atom. The van der Waals surface area contributed by atoms with Crippen LogP contribution in [0.5, 0.6) is 5.75 Å². The van der Waals surface area contributed by atoms with E-state index in [1.165, 1.54) is 0 Å². The summed E-state index contributed by atoms with van der Waals surface area (Å²) in [4.78, 5) is 12.8. The van der Waals surface area contributed by atoms with Crippen LogP contribution in [0.25, 0.3) is 11.3 Å². The molecule has 0 fully saturated rings. The average molecular weight is 365 g/mol. The Kier molecular flexibility index (Phi) is 4.02. The number of hydrogen-bond acceptors (Lipinski definition) is 4. The highest BCUT2D eigenvalue weighted by molar-refractivity contribution is 5.93. The van der Waals surface area contributed by atoms with E-state index in [1.54, 1.807) is 10.7 Å². The van der Waals surface area contributed by atoms with Crippen LogP contribution in [-0.2, 0) is 7.05 Å². The van der Waals surface area contributed by atoms with Crippen molar-refractivity contribution >= 4 is 5.91 Å². The third-order valence-electron chi connectivity index (χ3n) is 4.79. The number of benzene rings is 1. The zero-order valence-corrected chi connectivity index (χ0v) is 15.9. The summed E-state index contributed by atoms with van der Waals surface area (Å²) in [5.41, 5.74) is 3.56. The lowest BCUT2D eigenvalue weighted by Gasteiger charge is -2.37. The molecule has 27 heavy (non-hydrogen) atoms. The molecule has 1 aromatic carbocycles. The number of aromatic amines is 1. The summed E-state index contributed by atoms with van der Waals surface area (Å²) in [5.74, 6) is 0.628. The molecule has 1 aliphatic heterocycles. The van der Waals surface area contributed by atoms with E-state index in [-0.39, 0.29) is 17.6 Å². The number of para-hydroxylation sites is 1. The Morgan fingerprint density at radius 3 is 2.89 bits per heavy atom. The predicted molar refractivity (Wildman–Crippen MR) is 101 cm³/mol. The minimum atomic E-state index is -0.349. The van der Waals surface area contributed by atoms with Gasteiger partial charge >= 0.3 is 0 Å². The molecule has 0 spiro atoms. The zero-order chi connectivity index (χ0) is 19.2. The van der Waals surface area contributed by atoms with Gasteiger partial charge in [0.05, 0.1) is 17.4 Å². The topological polar surface area (TPSA) is 84.8 Å². The predicted octanol–water partition coefficient (Wildman–Crippen LogP) is 3.15. The normalized spacial score (nSPS) is 17.9. The summed E-state index contributed by atoms with van der Waals surface area (Å²) in [6.45, 7) is 5.98. The Morgan fingerprint density at radius 2 is 2.15 bits per heavy atom. The van der Waals surface area contributed by atoms with Gasteiger partial charge in [0.25, 0.3) is 5.91 Å². The number of nitrogens with one attached hydrogen (secondary N) is 2. The van der Waals surface area contributed by atoms with E-state index in [4.69, 9.17) is 4.74 Å². The van der Waals surface area contributed by atoms with E-state index in [0.29, 0.717) is 17.8 Å². The third-order valence-corrected chi connectivity index (χ3v) is 4.79. The molecule has 4 rings (SSSR count). The molecule has 2 aromatic heterocycles. The Bertz CT molecular complexity index is 1000. The quantitative estimate of drug-likeness (QED) is 0.747. The molecular weight excluding hydrogens is 342 g/mol. The molecule has 0 saturated carbocycles. The Labute approximate surface area is 157 Å². The third kappa shape index (κ3) is 3.32. The monoisotopic (exact) mass is 365 g/mol. The van der Waals surface area contributed by atoms with Crippen LogP contribution in [0, 0.1) is 6.92 Å². The lowest BCUT2D eigenvalue weighted by atomic mass is 9.89. The fraction of sp³-hybridized carbons (Fsp3) is 0.350. The molecule has 0 aliphatic carbocycles.